The lowest BCUT2D eigenvalue weighted by Crippen LogP contribution is -2.20. The summed E-state index contributed by atoms with van der Waals surface area (Å²) in [5.74, 6) is -0.591. The highest BCUT2D eigenvalue weighted by molar-refractivity contribution is 7.17. The van der Waals surface area contributed by atoms with Crippen LogP contribution in [-0.4, -0.2) is 28.3 Å². The van der Waals surface area contributed by atoms with Gasteiger partial charge in [0.25, 0.3) is 0 Å². The lowest BCUT2D eigenvalue weighted by Gasteiger charge is -2.12. The van der Waals surface area contributed by atoms with E-state index in [0.717, 1.165) is 37.7 Å². The van der Waals surface area contributed by atoms with E-state index in [1.165, 1.54) is 20.9 Å². The Labute approximate surface area is 161 Å². The smallest absolute Gasteiger partial charge is 0.341 e. The van der Waals surface area contributed by atoms with Crippen LogP contribution >= 0.6 is 22.9 Å². The molecule has 6 nitrogen and oxygen atoms in total. The predicted octanol–water partition coefficient (Wildman–Crippen LogP) is 3.99. The summed E-state index contributed by atoms with van der Waals surface area (Å²) in [6.07, 6.45) is 6.33. The maximum Gasteiger partial charge on any atom is 0.341 e. The number of nitrogens with one attached hydrogen (secondary N) is 1. The van der Waals surface area contributed by atoms with Gasteiger partial charge >= 0.3 is 5.97 Å². The molecule has 0 bridgehead atoms. The van der Waals surface area contributed by atoms with Gasteiger partial charge in [-0.15, -0.1) is 11.3 Å². The van der Waals surface area contributed by atoms with Crippen molar-refractivity contribution < 1.29 is 14.3 Å². The van der Waals surface area contributed by atoms with Crippen molar-refractivity contribution in [1.82, 2.24) is 9.78 Å². The first-order valence-corrected chi connectivity index (χ1v) is 10.00. The Hall–Kier alpha value is -1.86. The standard InChI is InChI=1S/C18H22ClN3O3S/c1-3-8-25-18(24)16-12-6-4-5-7-14(12)26-17(16)20-15(23)10-22-9-13(19)11(2)21-22/h9H,3-8,10H2,1-2H3,(H,20,23). The van der Waals surface area contributed by atoms with Gasteiger partial charge in [-0.05, 0) is 44.6 Å². The van der Waals surface area contributed by atoms with Crippen molar-refractivity contribution in [3.8, 4) is 0 Å². The van der Waals surface area contributed by atoms with E-state index < -0.39 is 0 Å². The number of aryl methyl sites for hydroxylation is 2. The molecule has 8 heteroatoms. The monoisotopic (exact) mass is 395 g/mol. The fourth-order valence-electron chi connectivity index (χ4n) is 3.02. The van der Waals surface area contributed by atoms with Gasteiger partial charge in [-0.2, -0.15) is 5.10 Å². The molecule has 0 unspecified atom stereocenters. The molecule has 1 amide bonds. The largest absolute Gasteiger partial charge is 0.462 e. The summed E-state index contributed by atoms with van der Waals surface area (Å²) in [5.41, 5.74) is 2.24. The number of anilines is 1. The van der Waals surface area contributed by atoms with Crippen LogP contribution in [0.15, 0.2) is 6.20 Å². The maximum atomic E-state index is 12.5. The van der Waals surface area contributed by atoms with Crippen molar-refractivity contribution in [2.45, 2.75) is 52.5 Å². The van der Waals surface area contributed by atoms with Gasteiger partial charge in [-0.25, -0.2) is 4.79 Å². The molecule has 2 heterocycles. The summed E-state index contributed by atoms with van der Waals surface area (Å²) in [7, 11) is 0. The molecule has 2 aromatic rings. The molecule has 26 heavy (non-hydrogen) atoms. The van der Waals surface area contributed by atoms with Crippen molar-refractivity contribution in [2.75, 3.05) is 11.9 Å². The molecule has 0 radical (unpaired) electrons. The molecule has 0 fully saturated rings. The van der Waals surface area contributed by atoms with E-state index in [0.29, 0.717) is 27.9 Å². The molecule has 0 saturated heterocycles. The molecule has 0 aromatic carbocycles. The fraction of sp³-hybridized carbons (Fsp3) is 0.500. The minimum atomic E-state index is -0.348. The number of ether oxygens (including phenoxy) is 1. The van der Waals surface area contributed by atoms with E-state index >= 15 is 0 Å². The number of thiophene rings is 1. The number of amides is 1. The summed E-state index contributed by atoms with van der Waals surface area (Å²) in [6, 6.07) is 0. The number of fused-ring (bicyclic) bond motifs is 1. The number of halogens is 1. The first-order chi connectivity index (χ1) is 12.5. The zero-order valence-electron chi connectivity index (χ0n) is 14.9. The Kier molecular flexibility index (Phi) is 5.98. The third-order valence-electron chi connectivity index (χ3n) is 4.26. The van der Waals surface area contributed by atoms with Gasteiger partial charge in [0.05, 0.1) is 22.9 Å². The Morgan fingerprint density at radius 3 is 2.85 bits per heavy atom. The highest BCUT2D eigenvalue weighted by atomic mass is 35.5. The van der Waals surface area contributed by atoms with Crippen LogP contribution in [-0.2, 0) is 28.9 Å². The van der Waals surface area contributed by atoms with Crippen LogP contribution in [0.2, 0.25) is 5.02 Å². The number of rotatable bonds is 6. The summed E-state index contributed by atoms with van der Waals surface area (Å²) in [6.45, 7) is 4.16. The van der Waals surface area contributed by atoms with Gasteiger partial charge in [-0.1, -0.05) is 18.5 Å². The molecule has 0 spiro atoms. The minimum absolute atomic E-state index is 0.0412. The average molecular weight is 396 g/mol. The van der Waals surface area contributed by atoms with Gasteiger partial charge in [0.2, 0.25) is 5.91 Å². The highest BCUT2D eigenvalue weighted by Gasteiger charge is 2.27. The lowest BCUT2D eigenvalue weighted by atomic mass is 9.95. The number of carbonyl (C=O) groups excluding carboxylic acids is 2. The number of hydrogen-bond acceptors (Lipinski definition) is 5. The molecular weight excluding hydrogens is 374 g/mol. The van der Waals surface area contributed by atoms with Crippen LogP contribution < -0.4 is 5.32 Å². The number of aromatic nitrogens is 2. The summed E-state index contributed by atoms with van der Waals surface area (Å²) < 4.78 is 6.84. The van der Waals surface area contributed by atoms with Crippen molar-refractivity contribution >= 4 is 39.8 Å². The first kappa shape index (κ1) is 18.9. The van der Waals surface area contributed by atoms with E-state index in [4.69, 9.17) is 16.3 Å². The van der Waals surface area contributed by atoms with Crippen LogP contribution in [0.25, 0.3) is 0 Å². The van der Waals surface area contributed by atoms with Crippen molar-refractivity contribution in [3.63, 3.8) is 0 Å². The molecule has 1 aliphatic rings. The van der Waals surface area contributed by atoms with Crippen LogP contribution in [0.1, 0.15) is 52.7 Å². The van der Waals surface area contributed by atoms with Gasteiger partial charge in [0.15, 0.2) is 0 Å². The Morgan fingerprint density at radius 1 is 1.38 bits per heavy atom. The summed E-state index contributed by atoms with van der Waals surface area (Å²) >= 11 is 7.47. The lowest BCUT2D eigenvalue weighted by molar-refractivity contribution is -0.116. The third kappa shape index (κ3) is 4.10. The van der Waals surface area contributed by atoms with E-state index in [1.807, 2.05) is 6.92 Å². The van der Waals surface area contributed by atoms with Crippen LogP contribution in [0.3, 0.4) is 0 Å². The van der Waals surface area contributed by atoms with Gasteiger partial charge in [-0.3, -0.25) is 9.48 Å². The van der Waals surface area contributed by atoms with Crippen LogP contribution in [0, 0.1) is 6.92 Å². The second-order valence-electron chi connectivity index (χ2n) is 6.36. The molecule has 1 aliphatic carbocycles. The Balaban J connectivity index is 1.80. The van der Waals surface area contributed by atoms with Crippen molar-refractivity contribution in [1.29, 1.82) is 0 Å². The molecular formula is C18H22ClN3O3S. The Bertz CT molecular complexity index is 809. The molecule has 1 N–H and O–H groups in total. The summed E-state index contributed by atoms with van der Waals surface area (Å²) in [5, 5.41) is 8.17. The van der Waals surface area contributed by atoms with E-state index in [-0.39, 0.29) is 18.4 Å². The normalized spacial score (nSPS) is 13.3. The minimum Gasteiger partial charge on any atom is -0.462 e. The number of carbonyl (C=O) groups is 2. The quantitative estimate of drug-likeness (QED) is 0.750. The predicted molar refractivity (Wildman–Crippen MR) is 102 cm³/mol. The topological polar surface area (TPSA) is 73.2 Å². The molecule has 3 rings (SSSR count). The molecule has 2 aromatic heterocycles. The zero-order valence-corrected chi connectivity index (χ0v) is 16.5. The van der Waals surface area contributed by atoms with Crippen molar-refractivity contribution in [3.05, 3.63) is 32.9 Å². The molecule has 0 atom stereocenters. The van der Waals surface area contributed by atoms with Crippen LogP contribution in [0.5, 0.6) is 0 Å². The molecule has 0 saturated carbocycles. The molecule has 0 aliphatic heterocycles. The number of esters is 1. The third-order valence-corrected chi connectivity index (χ3v) is 5.84. The average Bonchev–Trinajstić information content (AvgIpc) is 3.11. The van der Waals surface area contributed by atoms with Gasteiger partial charge in [0, 0.05) is 11.1 Å². The second kappa shape index (κ2) is 8.22. The second-order valence-corrected chi connectivity index (χ2v) is 7.87. The van der Waals surface area contributed by atoms with Gasteiger partial charge in [0.1, 0.15) is 11.5 Å². The summed E-state index contributed by atoms with van der Waals surface area (Å²) in [4.78, 5) is 26.2. The SMILES string of the molecule is CCCOC(=O)c1c(NC(=O)Cn2cc(Cl)c(C)n2)sc2c1CCCC2. The fourth-order valence-corrected chi connectivity index (χ4v) is 4.47. The van der Waals surface area contributed by atoms with Crippen molar-refractivity contribution in [2.24, 2.45) is 0 Å². The van der Waals surface area contributed by atoms with E-state index in [9.17, 15) is 9.59 Å². The maximum absolute atomic E-state index is 12.5. The van der Waals surface area contributed by atoms with E-state index in [2.05, 4.69) is 10.4 Å². The zero-order chi connectivity index (χ0) is 18.7. The van der Waals surface area contributed by atoms with Crippen LogP contribution in [0.4, 0.5) is 5.00 Å². The highest BCUT2D eigenvalue weighted by Crippen LogP contribution is 2.38. The van der Waals surface area contributed by atoms with Gasteiger partial charge < -0.3 is 10.1 Å². The molecule has 140 valence electrons. The first-order valence-electron chi connectivity index (χ1n) is 8.80. The number of nitrogens with zero attached hydrogens (tertiary/aromatic N) is 2. The van der Waals surface area contributed by atoms with E-state index in [1.54, 1.807) is 13.1 Å². The number of hydrogen-bond donors (Lipinski definition) is 1. The Morgan fingerprint density at radius 2 is 2.15 bits per heavy atom.